The minimum atomic E-state index is -0.00387. The van der Waals surface area contributed by atoms with Crippen LogP contribution in [0.5, 0.6) is 5.75 Å². The molecule has 2 aliphatic carbocycles. The molecule has 184 valence electrons. The Morgan fingerprint density at radius 1 is 1.11 bits per heavy atom. The summed E-state index contributed by atoms with van der Waals surface area (Å²) < 4.78 is 12.3. The second-order valence-corrected chi connectivity index (χ2v) is 9.84. The van der Waals surface area contributed by atoms with Crippen molar-refractivity contribution in [2.24, 2.45) is 5.92 Å². The molecule has 3 heteroatoms. The van der Waals surface area contributed by atoms with Gasteiger partial charge in [-0.1, -0.05) is 68.3 Å². The molecule has 0 saturated heterocycles. The van der Waals surface area contributed by atoms with Crippen molar-refractivity contribution >= 4 is 0 Å². The van der Waals surface area contributed by atoms with E-state index in [0.717, 1.165) is 60.4 Å². The summed E-state index contributed by atoms with van der Waals surface area (Å²) in [5.41, 5.74) is 7.11. The lowest BCUT2D eigenvalue weighted by molar-refractivity contribution is 0.127. The monoisotopic (exact) mass is 469 g/mol. The highest BCUT2D eigenvalue weighted by atomic mass is 16.5. The number of para-hydroxylation sites is 1. The number of rotatable bonds is 9. The first-order valence-electron chi connectivity index (χ1n) is 12.9. The van der Waals surface area contributed by atoms with Gasteiger partial charge in [0.25, 0.3) is 0 Å². The molecule has 1 fully saturated rings. The van der Waals surface area contributed by atoms with Crippen molar-refractivity contribution in [2.45, 2.75) is 63.9 Å². The summed E-state index contributed by atoms with van der Waals surface area (Å²) in [6.45, 7) is 14.9. The largest absolute Gasteiger partial charge is 0.496 e. The van der Waals surface area contributed by atoms with Gasteiger partial charge in [0.1, 0.15) is 11.5 Å². The Morgan fingerprint density at radius 3 is 2.63 bits per heavy atom. The maximum atomic E-state index is 6.46. The Labute approximate surface area is 211 Å². The Kier molecular flexibility index (Phi) is 8.17. The summed E-state index contributed by atoms with van der Waals surface area (Å²) in [4.78, 5) is 0. The maximum Gasteiger partial charge on any atom is 0.123 e. The first-order valence-corrected chi connectivity index (χ1v) is 12.9. The van der Waals surface area contributed by atoms with Crippen LogP contribution in [0.4, 0.5) is 0 Å². The van der Waals surface area contributed by atoms with Crippen molar-refractivity contribution in [3.8, 4) is 5.75 Å². The van der Waals surface area contributed by atoms with Crippen LogP contribution >= 0.6 is 0 Å². The Hall–Kier alpha value is -3.20. The van der Waals surface area contributed by atoms with E-state index >= 15 is 0 Å². The summed E-state index contributed by atoms with van der Waals surface area (Å²) in [5, 5.41) is 3.75. The molecule has 1 aromatic carbocycles. The Balaban J connectivity index is 1.69. The average Bonchev–Trinajstić information content (AvgIpc) is 3.36. The summed E-state index contributed by atoms with van der Waals surface area (Å²) in [7, 11) is 1.74. The second kappa shape index (κ2) is 11.5. The number of allylic oxidation sites excluding steroid dienone is 10. The van der Waals surface area contributed by atoms with E-state index in [4.69, 9.17) is 9.47 Å². The van der Waals surface area contributed by atoms with E-state index in [9.17, 15) is 0 Å². The van der Waals surface area contributed by atoms with Gasteiger partial charge in [0.15, 0.2) is 0 Å². The lowest BCUT2D eigenvalue weighted by atomic mass is 9.70. The number of hydrogen-bond donors (Lipinski definition) is 1. The summed E-state index contributed by atoms with van der Waals surface area (Å²) in [6, 6.07) is 8.33. The minimum Gasteiger partial charge on any atom is -0.496 e. The third-order valence-electron chi connectivity index (χ3n) is 7.38. The minimum absolute atomic E-state index is 0.00387. The van der Waals surface area contributed by atoms with Crippen LogP contribution in [0.15, 0.2) is 108 Å². The summed E-state index contributed by atoms with van der Waals surface area (Å²) in [5.74, 6) is 2.18. The van der Waals surface area contributed by atoms with Crippen LogP contribution in [0, 0.1) is 5.92 Å². The van der Waals surface area contributed by atoms with Crippen LogP contribution < -0.4 is 10.1 Å². The number of methoxy groups -OCH3 is 1. The molecule has 4 rings (SSSR count). The summed E-state index contributed by atoms with van der Waals surface area (Å²) in [6.07, 6.45) is 18.1. The van der Waals surface area contributed by atoms with Crippen LogP contribution in [-0.4, -0.2) is 13.2 Å². The number of nitrogens with one attached hydrogen (secondary N) is 1. The molecule has 1 aliphatic heterocycles. The first kappa shape index (κ1) is 24.9. The molecule has 0 bridgehead atoms. The van der Waals surface area contributed by atoms with E-state index in [1.807, 2.05) is 24.3 Å². The van der Waals surface area contributed by atoms with Gasteiger partial charge in [-0.25, -0.2) is 0 Å². The zero-order valence-electron chi connectivity index (χ0n) is 21.3. The van der Waals surface area contributed by atoms with Gasteiger partial charge in [0, 0.05) is 28.4 Å². The molecule has 1 heterocycles. The van der Waals surface area contributed by atoms with Crippen molar-refractivity contribution in [3.63, 3.8) is 0 Å². The number of dihydropyridines is 1. The fraction of sp³-hybridized carbons (Fsp3) is 0.375. The van der Waals surface area contributed by atoms with E-state index in [2.05, 4.69) is 56.3 Å². The molecule has 1 aromatic rings. The van der Waals surface area contributed by atoms with Crippen molar-refractivity contribution < 1.29 is 9.47 Å². The first-order chi connectivity index (χ1) is 17.0. The van der Waals surface area contributed by atoms with Crippen molar-refractivity contribution in [3.05, 3.63) is 114 Å². The lowest BCUT2D eigenvalue weighted by Crippen LogP contribution is -2.32. The molecule has 35 heavy (non-hydrogen) atoms. The van der Waals surface area contributed by atoms with Gasteiger partial charge in [-0.2, -0.15) is 0 Å². The third kappa shape index (κ3) is 5.56. The standard InChI is InChI=1S/C32H39NO2/c1-6-7-8-9-10-15-25-20-22(2)30-28(21-25)33-23(3)31(24(4)35-26-16-11-12-17-26)32(30)27-18-13-14-19-29(27)34-5/h6-10,13-14,18-19,25-26,32-33H,1-2,4,11-12,15-17,20-21H2,3,5H3/b8-7-,10-9-. The van der Waals surface area contributed by atoms with Crippen LogP contribution in [-0.2, 0) is 4.74 Å². The zero-order chi connectivity index (χ0) is 24.8. The van der Waals surface area contributed by atoms with Gasteiger partial charge in [-0.3, -0.25) is 0 Å². The van der Waals surface area contributed by atoms with Gasteiger partial charge in [0.05, 0.1) is 13.2 Å². The van der Waals surface area contributed by atoms with Gasteiger partial charge in [-0.05, 0) is 75.0 Å². The van der Waals surface area contributed by atoms with Crippen molar-refractivity contribution in [1.82, 2.24) is 5.32 Å². The molecule has 3 aliphatic rings. The fourth-order valence-corrected chi connectivity index (χ4v) is 5.81. The van der Waals surface area contributed by atoms with Gasteiger partial charge in [0.2, 0.25) is 0 Å². The van der Waals surface area contributed by atoms with Crippen LogP contribution in [0.2, 0.25) is 0 Å². The molecule has 2 atom stereocenters. The highest BCUT2D eigenvalue weighted by Crippen LogP contribution is 2.51. The third-order valence-corrected chi connectivity index (χ3v) is 7.38. The molecule has 2 unspecified atom stereocenters. The van der Waals surface area contributed by atoms with Crippen LogP contribution in [0.1, 0.15) is 63.4 Å². The van der Waals surface area contributed by atoms with Gasteiger partial charge in [-0.15, -0.1) is 0 Å². The van der Waals surface area contributed by atoms with Gasteiger partial charge < -0.3 is 14.8 Å². The summed E-state index contributed by atoms with van der Waals surface area (Å²) >= 11 is 0. The molecular formula is C32H39NO2. The topological polar surface area (TPSA) is 30.5 Å². The van der Waals surface area contributed by atoms with Crippen LogP contribution in [0.25, 0.3) is 0 Å². The molecule has 0 spiro atoms. The predicted octanol–water partition coefficient (Wildman–Crippen LogP) is 8.04. The molecule has 0 amide bonds. The molecule has 0 aromatic heterocycles. The number of benzene rings is 1. The zero-order valence-corrected chi connectivity index (χ0v) is 21.3. The molecule has 1 N–H and O–H groups in total. The SMILES string of the molecule is C=C/C=C\C=C/CC1CC(=C)C2=C(C1)NC(C)=C(C(=C)OC1CCCC1)C2c1ccccc1OC. The molecule has 3 nitrogen and oxygen atoms in total. The lowest BCUT2D eigenvalue weighted by Gasteiger charge is -2.40. The van der Waals surface area contributed by atoms with E-state index < -0.39 is 0 Å². The second-order valence-electron chi connectivity index (χ2n) is 9.84. The highest BCUT2D eigenvalue weighted by molar-refractivity contribution is 5.60. The normalized spacial score (nSPS) is 23.1. The molecule has 1 saturated carbocycles. The molecular weight excluding hydrogens is 430 g/mol. The van der Waals surface area contributed by atoms with Crippen LogP contribution in [0.3, 0.4) is 0 Å². The fourth-order valence-electron chi connectivity index (χ4n) is 5.81. The molecule has 0 radical (unpaired) electrons. The van der Waals surface area contributed by atoms with E-state index in [-0.39, 0.29) is 12.0 Å². The van der Waals surface area contributed by atoms with E-state index in [1.54, 1.807) is 13.2 Å². The smallest absolute Gasteiger partial charge is 0.123 e. The maximum absolute atomic E-state index is 6.46. The van der Waals surface area contributed by atoms with Crippen molar-refractivity contribution in [2.75, 3.05) is 7.11 Å². The number of ether oxygens (including phenoxy) is 2. The Bertz CT molecular complexity index is 1090. The number of hydrogen-bond acceptors (Lipinski definition) is 3. The van der Waals surface area contributed by atoms with Gasteiger partial charge >= 0.3 is 0 Å². The quantitative estimate of drug-likeness (QED) is 0.293. The van der Waals surface area contributed by atoms with E-state index in [0.29, 0.717) is 5.92 Å². The predicted molar refractivity (Wildman–Crippen MR) is 146 cm³/mol. The highest BCUT2D eigenvalue weighted by Gasteiger charge is 2.38. The van der Waals surface area contributed by atoms with E-state index in [1.165, 1.54) is 29.7 Å². The van der Waals surface area contributed by atoms with Crippen molar-refractivity contribution in [1.29, 1.82) is 0 Å². The Morgan fingerprint density at radius 2 is 1.89 bits per heavy atom. The average molecular weight is 470 g/mol.